The van der Waals surface area contributed by atoms with Crippen LogP contribution in [-0.2, 0) is 54.0 Å². The average molecular weight is 1160 g/mol. The maximum Gasteiger partial charge on any atom is 0.246 e. The van der Waals surface area contributed by atoms with Crippen molar-refractivity contribution >= 4 is 35.9 Å². The molecule has 6 aliphatic rings. The van der Waals surface area contributed by atoms with Gasteiger partial charge in [-0.2, -0.15) is 0 Å². The van der Waals surface area contributed by atoms with E-state index in [4.69, 9.17) is 39.2 Å². The summed E-state index contributed by atoms with van der Waals surface area (Å²) in [4.78, 5) is 56.2. The molecule has 24 atom stereocenters. The van der Waals surface area contributed by atoms with Gasteiger partial charge in [-0.3, -0.25) is 35.3 Å². The third-order valence-electron chi connectivity index (χ3n) is 14.7. The highest BCUT2D eigenvalue weighted by atomic mass is 16.8. The number of phenols is 1. The lowest BCUT2D eigenvalue weighted by molar-refractivity contribution is -0.379. The van der Waals surface area contributed by atoms with E-state index in [-0.39, 0.29) is 36.7 Å². The topological polar surface area (TPSA) is 522 Å². The summed E-state index contributed by atoms with van der Waals surface area (Å²) in [6.45, 7) is 2.26. The molecule has 81 heavy (non-hydrogen) atoms. The van der Waals surface area contributed by atoms with E-state index < -0.39 is 197 Å². The maximum atomic E-state index is 14.8. The molecule has 0 aliphatic carbocycles. The smallest absolute Gasteiger partial charge is 0.246 e. The molecule has 7 rings (SSSR count). The van der Waals surface area contributed by atoms with Gasteiger partial charge < -0.3 is 132 Å². The summed E-state index contributed by atoms with van der Waals surface area (Å²) in [6, 6.07) is -5.43. The van der Waals surface area contributed by atoms with Crippen molar-refractivity contribution in [3.05, 3.63) is 29.8 Å². The second kappa shape index (κ2) is 27.1. The minimum Gasteiger partial charge on any atom is -0.508 e. The van der Waals surface area contributed by atoms with Gasteiger partial charge in [0.1, 0.15) is 116 Å². The Morgan fingerprint density at radius 2 is 1.43 bits per heavy atom. The third-order valence-corrected chi connectivity index (χ3v) is 14.7. The van der Waals surface area contributed by atoms with Crippen LogP contribution in [0, 0.1) is 16.2 Å². The first-order chi connectivity index (χ1) is 38.3. The van der Waals surface area contributed by atoms with E-state index in [9.17, 15) is 85.6 Å². The lowest BCUT2D eigenvalue weighted by Gasteiger charge is -2.49. The molecule has 0 bridgehead atoms. The monoisotopic (exact) mass is 1160 g/mol. The highest BCUT2D eigenvalue weighted by molar-refractivity contribution is 5.95. The maximum absolute atomic E-state index is 14.8. The fourth-order valence-corrected chi connectivity index (χ4v) is 10.3. The van der Waals surface area contributed by atoms with Crippen molar-refractivity contribution in [1.29, 1.82) is 10.8 Å². The van der Waals surface area contributed by atoms with E-state index in [1.807, 2.05) is 20.8 Å². The number of carbonyl (C=O) groups is 3. The van der Waals surface area contributed by atoms with Crippen molar-refractivity contribution in [2.24, 2.45) is 5.41 Å². The molecule has 1 aromatic carbocycles. The zero-order chi connectivity index (χ0) is 59.4. The molecule has 6 heterocycles. The van der Waals surface area contributed by atoms with Gasteiger partial charge in [0.05, 0.1) is 44.6 Å². The Hall–Kier alpha value is -5.12. The number of aliphatic hydroxyl groups is 12. The summed E-state index contributed by atoms with van der Waals surface area (Å²) in [7, 11) is 0. The number of nitrogens with one attached hydrogen (secondary N) is 9. The van der Waals surface area contributed by atoms with Crippen LogP contribution in [0.4, 0.5) is 0 Å². The normalized spacial score (nSPS) is 36.6. The Balaban J connectivity index is 1.14. The van der Waals surface area contributed by atoms with E-state index in [2.05, 4.69) is 37.2 Å². The number of hydrogen-bond donors (Lipinski definition) is 22. The van der Waals surface area contributed by atoms with E-state index in [0.29, 0.717) is 12.0 Å². The fourth-order valence-electron chi connectivity index (χ4n) is 10.3. The molecule has 3 amide bonds. The van der Waals surface area contributed by atoms with Gasteiger partial charge >= 0.3 is 0 Å². The van der Waals surface area contributed by atoms with Crippen molar-refractivity contribution in [2.75, 3.05) is 39.5 Å². The molecule has 455 valence electrons. The molecule has 1 aromatic rings. The number of phenolic OH excluding ortho intramolecular Hbond substituents is 1. The number of benzene rings is 1. The number of aromatic hydroxyl groups is 1. The number of hydrogen-bond acceptors (Lipinski definition) is 26. The van der Waals surface area contributed by atoms with Gasteiger partial charge in [0, 0.05) is 19.5 Å². The van der Waals surface area contributed by atoms with Gasteiger partial charge in [0.15, 0.2) is 30.7 Å². The molecular formula is C48H75N10O23. The van der Waals surface area contributed by atoms with Crippen molar-refractivity contribution in [2.45, 2.75) is 180 Å². The van der Waals surface area contributed by atoms with E-state index in [0.717, 1.165) is 4.90 Å². The van der Waals surface area contributed by atoms with Gasteiger partial charge in [-0.05, 0) is 29.5 Å². The van der Waals surface area contributed by atoms with Crippen LogP contribution in [0.5, 0.6) is 5.75 Å². The largest absolute Gasteiger partial charge is 0.508 e. The molecule has 33 nitrogen and oxygen atoms in total. The lowest BCUT2D eigenvalue weighted by Crippen LogP contribution is -2.70. The number of carbonyl (C=O) groups excluding carboxylic acids is 4. The number of fused-ring (bicyclic) bond motifs is 1. The standard InChI is InChI=1S/C48H75N10O23/c1-48(2,3)9-26-76-16-25-39(80-26)34(69)37(72)45(79-25)81-38-24(15-62)77-43(35(70)33(38)68)54-20(8-17-4-6-19(63)7-5-17)40(73)56-27(29(64)21-10-51-46(49)55-21)42(75)57-28(41(74)53-18(12-59)13-60)30(65)22-11-52-47(50)58(22)44-36(71)32(67)31(66)23(14-61)78-44/h4-7,18,20-39,43-45,54,59,61-72H,8-12,14-16H2,1-3H3,(H2,50,52)(H,53,74)(H,56,73)(H,57,75)(H3,49,51,55)/t18-,20+,21?,22?,23+,24+,25+,26?,27-,28+,29?,30?,31+,32-,33+,34+,35-,36-,37-,38+,39+,43-,44-,45+/m0/s1. The van der Waals surface area contributed by atoms with E-state index in [1.165, 1.54) is 30.6 Å². The van der Waals surface area contributed by atoms with Crippen molar-refractivity contribution < 1.29 is 114 Å². The zero-order valence-corrected chi connectivity index (χ0v) is 44.2. The van der Waals surface area contributed by atoms with Gasteiger partial charge in [-0.25, -0.2) is 0 Å². The van der Waals surface area contributed by atoms with Crippen LogP contribution < -0.4 is 37.2 Å². The van der Waals surface area contributed by atoms with Crippen LogP contribution >= 0.6 is 0 Å². The molecule has 0 aromatic heterocycles. The molecule has 0 spiro atoms. The highest BCUT2D eigenvalue weighted by Gasteiger charge is 2.55. The van der Waals surface area contributed by atoms with Crippen LogP contribution in [-0.4, -0.2) is 293 Å². The Kier molecular flexibility index (Phi) is 21.2. The number of amides is 3. The second-order valence-electron chi connectivity index (χ2n) is 21.8. The number of guanidine groups is 2. The Labute approximate surface area is 462 Å². The molecule has 22 N–H and O–H groups in total. The number of ether oxygens (including phenoxy) is 6. The van der Waals surface area contributed by atoms with Crippen LogP contribution in [0.3, 0.4) is 0 Å². The molecular weight excluding hydrogens is 1080 g/mol. The summed E-state index contributed by atoms with van der Waals surface area (Å²) < 4.78 is 35.2. The molecule has 6 fully saturated rings. The number of nitrogens with zero attached hydrogens (tertiary/aromatic N) is 1. The quantitative estimate of drug-likeness (QED) is 0.0513. The average Bonchev–Trinajstić information content (AvgIpc) is 4.13. The Morgan fingerprint density at radius 3 is 2.05 bits per heavy atom. The molecule has 6 aliphatic heterocycles. The van der Waals surface area contributed by atoms with Crippen molar-refractivity contribution in [3.63, 3.8) is 0 Å². The lowest BCUT2D eigenvalue weighted by atomic mass is 9.91. The predicted molar refractivity (Wildman–Crippen MR) is 269 cm³/mol. The summed E-state index contributed by atoms with van der Waals surface area (Å²) in [6.07, 6.45) is -29.0. The van der Waals surface area contributed by atoms with E-state index in [1.54, 1.807) is 0 Å². The first-order valence-corrected chi connectivity index (χ1v) is 26.2. The number of rotatable bonds is 22. The molecule has 6 saturated heterocycles. The summed E-state index contributed by atoms with van der Waals surface area (Å²) in [5, 5.41) is 176. The zero-order valence-electron chi connectivity index (χ0n) is 44.2. The van der Waals surface area contributed by atoms with Crippen molar-refractivity contribution in [3.8, 4) is 5.75 Å². The minimum absolute atomic E-state index is 0.0838. The predicted octanol–water partition coefficient (Wildman–Crippen LogP) is -10.9. The Morgan fingerprint density at radius 1 is 0.778 bits per heavy atom. The Bertz CT molecular complexity index is 2320. The summed E-state index contributed by atoms with van der Waals surface area (Å²) >= 11 is 0. The SMILES string of the molecule is CC(C)(C)CC1OC[C@H]2O[C@H](O[C@H]3[C@H](O)[C@H](O)[C@@H](N[C@H](Cc4ccc(O)cc4)C(=O)N[C@H](C(=O)N[C@@H](C(=O)N[C@H]([C]=O)CO)C(O)C4CNC(=N)N4[C@H]4O[C@H](CO)[C@@H](O)[C@H](O)[C@@H]4O)C(O)C4CNC(=N)N4)O[C@@H]3CO)[C@@H](O)[C@@H](O)[C@@H]2O1. The van der Waals surface area contributed by atoms with Crippen LogP contribution in [0.2, 0.25) is 0 Å². The summed E-state index contributed by atoms with van der Waals surface area (Å²) in [5.74, 6) is -5.10. The fraction of sp³-hybridized carbons (Fsp3) is 0.750. The summed E-state index contributed by atoms with van der Waals surface area (Å²) in [5.41, 5.74) is 0.0918. The molecule has 5 unspecified atom stereocenters. The second-order valence-corrected chi connectivity index (χ2v) is 21.8. The number of aliphatic hydroxyl groups excluding tert-OH is 12. The van der Waals surface area contributed by atoms with Gasteiger partial charge in [0.25, 0.3) is 0 Å². The minimum atomic E-state index is -2.28. The first kappa shape index (κ1) is 63.5. The highest BCUT2D eigenvalue weighted by Crippen LogP contribution is 2.35. The van der Waals surface area contributed by atoms with Gasteiger partial charge in [0.2, 0.25) is 24.0 Å². The first-order valence-electron chi connectivity index (χ1n) is 26.2. The van der Waals surface area contributed by atoms with Gasteiger partial charge in [-0.1, -0.05) is 32.9 Å². The molecule has 1 radical (unpaired) electrons. The third kappa shape index (κ3) is 14.6. The van der Waals surface area contributed by atoms with Crippen LogP contribution in [0.25, 0.3) is 0 Å². The molecule has 0 saturated carbocycles. The van der Waals surface area contributed by atoms with Crippen LogP contribution in [0.15, 0.2) is 24.3 Å². The van der Waals surface area contributed by atoms with Gasteiger partial charge in [-0.15, -0.1) is 0 Å². The molecule has 33 heteroatoms. The van der Waals surface area contributed by atoms with E-state index >= 15 is 0 Å². The van der Waals surface area contributed by atoms with Crippen molar-refractivity contribution in [1.82, 2.24) is 42.1 Å². The van der Waals surface area contributed by atoms with Crippen LogP contribution in [0.1, 0.15) is 32.8 Å².